The first-order chi connectivity index (χ1) is 8.78. The molecule has 0 aliphatic heterocycles. The molecular formula is C13H26N2O3Si. The second-order valence-electron chi connectivity index (χ2n) is 4.82. The predicted octanol–water partition coefficient (Wildman–Crippen LogP) is 0.812. The second-order valence-corrected chi connectivity index (χ2v) is 8.97. The van der Waals surface area contributed by atoms with Gasteiger partial charge in [-0.25, -0.2) is 0 Å². The first-order valence-electron chi connectivity index (χ1n) is 6.90. The van der Waals surface area contributed by atoms with Crippen LogP contribution in [0.1, 0.15) is 53.9 Å². The summed E-state index contributed by atoms with van der Waals surface area (Å²) in [6, 6.07) is 0. The molecule has 0 aliphatic carbocycles. The van der Waals surface area contributed by atoms with Crippen molar-refractivity contribution >= 4 is 24.3 Å². The molecule has 0 aromatic heterocycles. The molecule has 3 N–H and O–H groups in total. The van der Waals surface area contributed by atoms with E-state index in [1.165, 1.54) is 0 Å². The van der Waals surface area contributed by atoms with Crippen LogP contribution < -0.4 is 11.1 Å². The maximum Gasteiger partial charge on any atom is 0.294 e. The molecule has 19 heavy (non-hydrogen) atoms. The molecule has 5 nitrogen and oxygen atoms in total. The van der Waals surface area contributed by atoms with Gasteiger partial charge in [-0.1, -0.05) is 27.7 Å². The Morgan fingerprint density at radius 2 is 1.26 bits per heavy atom. The van der Waals surface area contributed by atoms with Crippen LogP contribution in [-0.2, 0) is 14.4 Å². The van der Waals surface area contributed by atoms with Crippen molar-refractivity contribution < 1.29 is 14.4 Å². The van der Waals surface area contributed by atoms with Crippen LogP contribution in [0, 0.1) is 0 Å². The molecule has 110 valence electrons. The van der Waals surface area contributed by atoms with Gasteiger partial charge in [0, 0.05) is 5.67 Å². The number of carbonyl (C=O) groups excluding carboxylic acids is 3. The molecule has 0 rings (SSSR count). The van der Waals surface area contributed by atoms with Crippen molar-refractivity contribution in [1.29, 1.82) is 0 Å². The maximum atomic E-state index is 12.4. The van der Waals surface area contributed by atoms with Crippen LogP contribution in [0.4, 0.5) is 0 Å². The molecule has 0 radical (unpaired) electrons. The molecular weight excluding hydrogens is 260 g/mol. The van der Waals surface area contributed by atoms with Crippen molar-refractivity contribution in [3.8, 4) is 0 Å². The molecule has 0 amide bonds. The summed E-state index contributed by atoms with van der Waals surface area (Å²) in [5, 5.41) is 2.44. The highest BCUT2D eigenvalue weighted by Gasteiger charge is 2.56. The van der Waals surface area contributed by atoms with E-state index in [1.54, 1.807) is 34.6 Å². The Kier molecular flexibility index (Phi) is 7.32. The van der Waals surface area contributed by atoms with Gasteiger partial charge in [0.05, 0.1) is 6.17 Å². The number of hydrogen-bond donors (Lipinski definition) is 2. The van der Waals surface area contributed by atoms with Gasteiger partial charge < -0.3 is 25.4 Å². The Morgan fingerprint density at radius 3 is 1.47 bits per heavy atom. The summed E-state index contributed by atoms with van der Waals surface area (Å²) in [5.74, 6) is 0. The molecule has 0 saturated heterocycles. The summed E-state index contributed by atoms with van der Waals surface area (Å²) in [5.41, 5.74) is 5.23. The van der Waals surface area contributed by atoms with Gasteiger partial charge in [0.25, 0.3) is 8.07 Å². The van der Waals surface area contributed by atoms with Gasteiger partial charge in [0.1, 0.15) is 16.2 Å². The van der Waals surface area contributed by atoms with Crippen molar-refractivity contribution in [2.45, 2.75) is 65.7 Å². The minimum absolute atomic E-state index is 0.188. The minimum Gasteiger partial charge on any atom is -0.316 e. The van der Waals surface area contributed by atoms with Gasteiger partial charge in [-0.05, 0) is 26.2 Å². The van der Waals surface area contributed by atoms with E-state index in [9.17, 15) is 14.4 Å². The van der Waals surface area contributed by atoms with E-state index in [2.05, 4.69) is 5.32 Å². The smallest absolute Gasteiger partial charge is 0.294 e. The minimum atomic E-state index is -3.38. The van der Waals surface area contributed by atoms with Gasteiger partial charge in [-0.3, -0.25) is 0 Å². The van der Waals surface area contributed by atoms with Gasteiger partial charge in [0.15, 0.2) is 0 Å². The Bertz CT molecular complexity index is 315. The zero-order valence-corrected chi connectivity index (χ0v) is 13.6. The van der Waals surface area contributed by atoms with E-state index in [1.807, 2.05) is 0 Å². The zero-order valence-electron chi connectivity index (χ0n) is 12.6. The summed E-state index contributed by atoms with van der Waals surface area (Å²) in [4.78, 5) is 37.2. The van der Waals surface area contributed by atoms with Gasteiger partial charge in [0.2, 0.25) is 0 Å². The molecule has 0 aromatic rings. The molecule has 0 spiro atoms. The van der Waals surface area contributed by atoms with Gasteiger partial charge in [-0.15, -0.1) is 0 Å². The molecule has 2 atom stereocenters. The lowest BCUT2D eigenvalue weighted by Crippen LogP contribution is -2.71. The Hall–Kier alpha value is -0.853. The highest BCUT2D eigenvalue weighted by molar-refractivity contribution is 7.41. The van der Waals surface area contributed by atoms with E-state index in [4.69, 9.17) is 5.73 Å². The first kappa shape index (κ1) is 18.1. The van der Waals surface area contributed by atoms with E-state index in [0.29, 0.717) is 0 Å². The van der Waals surface area contributed by atoms with Crippen molar-refractivity contribution in [1.82, 2.24) is 5.32 Å². The monoisotopic (exact) mass is 286 g/mol. The van der Waals surface area contributed by atoms with E-state index < -0.39 is 13.7 Å². The lowest BCUT2D eigenvalue weighted by molar-refractivity contribution is -0.120. The molecule has 0 heterocycles. The summed E-state index contributed by atoms with van der Waals surface area (Å²) in [6.45, 7) is 8.58. The van der Waals surface area contributed by atoms with Crippen LogP contribution in [0.5, 0.6) is 0 Å². The third-order valence-electron chi connectivity index (χ3n) is 3.45. The van der Waals surface area contributed by atoms with Gasteiger partial charge >= 0.3 is 0 Å². The molecule has 2 unspecified atom stereocenters. The van der Waals surface area contributed by atoms with Crippen molar-refractivity contribution in [3.63, 3.8) is 0 Å². The molecule has 0 aromatic carbocycles. The van der Waals surface area contributed by atoms with Crippen molar-refractivity contribution in [2.24, 2.45) is 5.73 Å². The lowest BCUT2D eigenvalue weighted by atomic mass is 10.5. The first-order valence-corrected chi connectivity index (χ1v) is 8.98. The van der Waals surface area contributed by atoms with E-state index >= 15 is 0 Å². The second kappa shape index (κ2) is 7.67. The lowest BCUT2D eigenvalue weighted by Gasteiger charge is -2.33. The van der Waals surface area contributed by atoms with Crippen LogP contribution in [-0.4, -0.2) is 36.1 Å². The summed E-state index contributed by atoms with van der Waals surface area (Å²) < 4.78 is 0. The molecule has 0 fully saturated rings. The van der Waals surface area contributed by atoms with Crippen molar-refractivity contribution in [3.05, 3.63) is 0 Å². The molecule has 0 saturated carbocycles. The zero-order chi connectivity index (χ0) is 15.2. The topological polar surface area (TPSA) is 89.3 Å². The van der Waals surface area contributed by atoms with E-state index in [0.717, 1.165) is 0 Å². The summed E-state index contributed by atoms with van der Waals surface area (Å²) in [7, 11) is -3.38. The van der Waals surface area contributed by atoms with Crippen LogP contribution >= 0.6 is 0 Å². The third-order valence-corrected chi connectivity index (χ3v) is 8.61. The summed E-state index contributed by atoms with van der Waals surface area (Å²) >= 11 is 0. The SMILES string of the molecule is CCC(=O)[Si](C(=O)CC)(C(=O)CC)C(C)NC(C)N. The fourth-order valence-electron chi connectivity index (χ4n) is 2.55. The average molecular weight is 286 g/mol. The fraction of sp³-hybridized carbons (Fsp3) is 0.769. The summed E-state index contributed by atoms with van der Waals surface area (Å²) in [6.07, 6.45) is 0.290. The Balaban J connectivity index is 5.82. The maximum absolute atomic E-state index is 12.4. The number of carbonyl (C=O) groups is 3. The standard InChI is InChI=1S/C13H26N2O3Si/c1-6-11(16)19(12(17)7-2,13(18)8-3)10(5)15-9(4)14/h9-10,15H,6-8,14H2,1-5H3. The van der Waals surface area contributed by atoms with Crippen LogP contribution in [0.25, 0.3) is 0 Å². The highest BCUT2D eigenvalue weighted by atomic mass is 28.3. The number of nitrogens with two attached hydrogens (primary N) is 1. The highest BCUT2D eigenvalue weighted by Crippen LogP contribution is 2.19. The Morgan fingerprint density at radius 1 is 0.947 bits per heavy atom. The number of hydrogen-bond acceptors (Lipinski definition) is 5. The van der Waals surface area contributed by atoms with Gasteiger partial charge in [-0.2, -0.15) is 0 Å². The largest absolute Gasteiger partial charge is 0.316 e. The quantitative estimate of drug-likeness (QED) is 0.484. The van der Waals surface area contributed by atoms with Crippen LogP contribution in [0.2, 0.25) is 0 Å². The fourth-order valence-corrected chi connectivity index (χ4v) is 7.11. The molecule has 0 bridgehead atoms. The predicted molar refractivity (Wildman–Crippen MR) is 77.9 cm³/mol. The normalized spacial score (nSPS) is 14.8. The van der Waals surface area contributed by atoms with E-state index in [-0.39, 0.29) is 41.6 Å². The van der Waals surface area contributed by atoms with Crippen molar-refractivity contribution in [2.75, 3.05) is 0 Å². The van der Waals surface area contributed by atoms with Crippen LogP contribution in [0.3, 0.4) is 0 Å². The third kappa shape index (κ3) is 3.58. The molecule has 0 aliphatic rings. The van der Waals surface area contributed by atoms with Crippen LogP contribution in [0.15, 0.2) is 0 Å². The number of nitrogens with one attached hydrogen (secondary N) is 1. The molecule has 6 heteroatoms. The Labute approximate surface area is 116 Å². The average Bonchev–Trinajstić information content (AvgIpc) is 2.37. The number of rotatable bonds is 9.